The van der Waals surface area contributed by atoms with Crippen LogP contribution in [0, 0.1) is 6.92 Å². The van der Waals surface area contributed by atoms with Gasteiger partial charge in [0.2, 0.25) is 0 Å². The van der Waals surface area contributed by atoms with Crippen LogP contribution in [0.5, 0.6) is 5.75 Å². The van der Waals surface area contributed by atoms with E-state index in [0.717, 1.165) is 0 Å². The van der Waals surface area contributed by atoms with Crippen molar-refractivity contribution in [2.24, 2.45) is 0 Å². The topological polar surface area (TPSA) is 115 Å². The molecule has 0 saturated carbocycles. The maximum atomic E-state index is 13.0. The first-order chi connectivity index (χ1) is 15.8. The van der Waals surface area contributed by atoms with Crippen LogP contribution < -0.4 is 20.4 Å². The second-order valence-electron chi connectivity index (χ2n) is 7.25. The van der Waals surface area contributed by atoms with Gasteiger partial charge in [-0.3, -0.25) is 9.52 Å². The molecule has 0 fully saturated rings. The van der Waals surface area contributed by atoms with Crippen LogP contribution in [0.2, 0.25) is 0 Å². The van der Waals surface area contributed by atoms with Crippen LogP contribution in [0.4, 0.5) is 11.4 Å². The molecular weight excluding hydrogens is 444 g/mol. The summed E-state index contributed by atoms with van der Waals surface area (Å²) >= 11 is 0. The van der Waals surface area contributed by atoms with E-state index in [1.807, 2.05) is 0 Å². The Morgan fingerprint density at radius 1 is 0.939 bits per heavy atom. The monoisotopic (exact) mass is 464 g/mol. The number of sulfonamides is 1. The van der Waals surface area contributed by atoms with Crippen molar-refractivity contribution in [3.05, 3.63) is 94.3 Å². The second kappa shape index (κ2) is 8.79. The maximum Gasteiger partial charge on any atom is 0.349 e. The van der Waals surface area contributed by atoms with Gasteiger partial charge in [0.25, 0.3) is 15.9 Å². The lowest BCUT2D eigenvalue weighted by Crippen LogP contribution is -2.21. The van der Waals surface area contributed by atoms with Gasteiger partial charge >= 0.3 is 5.63 Å². The molecule has 0 saturated heterocycles. The Bertz CT molecular complexity index is 1510. The number of carbonyl (C=O) groups excluding carboxylic acids is 1. The molecule has 9 heteroatoms. The van der Waals surface area contributed by atoms with Gasteiger partial charge < -0.3 is 14.5 Å². The summed E-state index contributed by atoms with van der Waals surface area (Å²) in [6.45, 7) is 1.64. The molecule has 2 N–H and O–H groups in total. The Morgan fingerprint density at radius 2 is 1.64 bits per heavy atom. The summed E-state index contributed by atoms with van der Waals surface area (Å²) in [6.07, 6.45) is 0. The van der Waals surface area contributed by atoms with Crippen LogP contribution in [0.25, 0.3) is 11.0 Å². The SMILES string of the molecule is COc1ccc(NS(=O)(=O)c2cc(NC(=O)c3cc4ccccc4oc3=O)ccc2C)cc1. The summed E-state index contributed by atoms with van der Waals surface area (Å²) in [5.41, 5.74) is 0.459. The minimum Gasteiger partial charge on any atom is -0.497 e. The summed E-state index contributed by atoms with van der Waals surface area (Å²) in [7, 11) is -2.43. The number of anilines is 2. The van der Waals surface area contributed by atoms with Crippen molar-refractivity contribution in [1.29, 1.82) is 0 Å². The zero-order valence-electron chi connectivity index (χ0n) is 17.8. The molecular formula is C24H20N2O6S. The predicted molar refractivity (Wildman–Crippen MR) is 125 cm³/mol. The molecule has 0 bridgehead atoms. The van der Waals surface area contributed by atoms with E-state index in [2.05, 4.69) is 10.0 Å². The fraction of sp³-hybridized carbons (Fsp3) is 0.0833. The van der Waals surface area contributed by atoms with Gasteiger partial charge in [0.1, 0.15) is 16.9 Å². The normalized spacial score (nSPS) is 11.2. The molecule has 0 atom stereocenters. The Kier molecular flexibility index (Phi) is 5.89. The highest BCUT2D eigenvalue weighted by molar-refractivity contribution is 7.92. The van der Waals surface area contributed by atoms with Gasteiger partial charge in [-0.05, 0) is 61.0 Å². The van der Waals surface area contributed by atoms with Gasteiger partial charge in [-0.1, -0.05) is 24.3 Å². The third-order valence-electron chi connectivity index (χ3n) is 4.96. The minimum absolute atomic E-state index is 0.0123. The van der Waals surface area contributed by atoms with Gasteiger partial charge in [0.15, 0.2) is 0 Å². The van der Waals surface area contributed by atoms with Gasteiger partial charge in [-0.25, -0.2) is 13.2 Å². The highest BCUT2D eigenvalue weighted by Crippen LogP contribution is 2.24. The maximum absolute atomic E-state index is 13.0. The molecule has 0 radical (unpaired) electrons. The lowest BCUT2D eigenvalue weighted by atomic mass is 10.1. The number of carbonyl (C=O) groups is 1. The van der Waals surface area contributed by atoms with Crippen molar-refractivity contribution < 1.29 is 22.4 Å². The molecule has 33 heavy (non-hydrogen) atoms. The highest BCUT2D eigenvalue weighted by Gasteiger charge is 2.20. The van der Waals surface area contributed by atoms with Crippen molar-refractivity contribution in [3.8, 4) is 5.75 Å². The molecule has 4 aromatic rings. The molecule has 1 amide bonds. The second-order valence-corrected chi connectivity index (χ2v) is 8.90. The van der Waals surface area contributed by atoms with Crippen LogP contribution in [-0.4, -0.2) is 21.4 Å². The fourth-order valence-corrected chi connectivity index (χ4v) is 4.59. The average Bonchev–Trinajstić information content (AvgIpc) is 2.80. The van der Waals surface area contributed by atoms with Gasteiger partial charge in [0, 0.05) is 16.8 Å². The predicted octanol–water partition coefficient (Wildman–Crippen LogP) is 4.16. The number of methoxy groups -OCH3 is 1. The first-order valence-electron chi connectivity index (χ1n) is 9.88. The molecule has 3 aromatic carbocycles. The molecule has 0 spiro atoms. The van der Waals surface area contributed by atoms with Crippen LogP contribution in [0.15, 0.2) is 86.9 Å². The molecule has 1 aromatic heterocycles. The van der Waals surface area contributed by atoms with E-state index >= 15 is 0 Å². The first-order valence-corrected chi connectivity index (χ1v) is 11.4. The third-order valence-corrected chi connectivity index (χ3v) is 6.49. The molecule has 4 rings (SSSR count). The highest BCUT2D eigenvalue weighted by atomic mass is 32.2. The van der Waals surface area contributed by atoms with Crippen LogP contribution in [-0.2, 0) is 10.0 Å². The first kappa shape index (κ1) is 22.1. The van der Waals surface area contributed by atoms with E-state index in [-0.39, 0.29) is 16.1 Å². The summed E-state index contributed by atoms with van der Waals surface area (Å²) in [5.74, 6) is -0.109. The summed E-state index contributed by atoms with van der Waals surface area (Å²) < 4.78 is 38.7. The number of aryl methyl sites for hydroxylation is 1. The Hall–Kier alpha value is -4.11. The Labute approximate surface area is 189 Å². The van der Waals surface area contributed by atoms with Crippen molar-refractivity contribution >= 4 is 38.3 Å². The third kappa shape index (κ3) is 4.73. The van der Waals surface area contributed by atoms with Crippen LogP contribution >= 0.6 is 0 Å². The fourth-order valence-electron chi connectivity index (χ4n) is 3.26. The minimum atomic E-state index is -3.95. The van der Waals surface area contributed by atoms with Crippen molar-refractivity contribution in [1.82, 2.24) is 0 Å². The number of hydrogen-bond acceptors (Lipinski definition) is 6. The number of amides is 1. The molecule has 168 valence electrons. The molecule has 8 nitrogen and oxygen atoms in total. The number of para-hydroxylation sites is 1. The van der Waals surface area contributed by atoms with Gasteiger partial charge in [0.05, 0.1) is 12.0 Å². The standard InChI is InChI=1S/C24H20N2O6S/c1-15-7-8-18(14-22(15)33(29,30)26-17-9-11-19(31-2)12-10-17)25-23(27)20-13-16-5-3-4-6-21(16)32-24(20)28/h3-14,26H,1-2H3,(H,25,27). The lowest BCUT2D eigenvalue weighted by Gasteiger charge is -2.13. The van der Waals surface area contributed by atoms with E-state index in [4.69, 9.17) is 9.15 Å². The summed E-state index contributed by atoms with van der Waals surface area (Å²) in [5, 5.41) is 3.17. The number of ether oxygens (including phenoxy) is 1. The smallest absolute Gasteiger partial charge is 0.349 e. The van der Waals surface area contributed by atoms with E-state index in [0.29, 0.717) is 28.0 Å². The number of nitrogens with one attached hydrogen (secondary N) is 2. The van der Waals surface area contributed by atoms with Crippen LogP contribution in [0.1, 0.15) is 15.9 Å². The van der Waals surface area contributed by atoms with E-state index in [9.17, 15) is 18.0 Å². The zero-order valence-corrected chi connectivity index (χ0v) is 18.6. The van der Waals surface area contributed by atoms with E-state index in [1.165, 1.54) is 19.2 Å². The number of benzene rings is 3. The van der Waals surface area contributed by atoms with Crippen LogP contribution in [0.3, 0.4) is 0 Å². The Balaban J connectivity index is 1.61. The number of rotatable bonds is 6. The lowest BCUT2D eigenvalue weighted by molar-refractivity contribution is 0.102. The molecule has 1 heterocycles. The van der Waals surface area contributed by atoms with E-state index < -0.39 is 21.6 Å². The summed E-state index contributed by atoms with van der Waals surface area (Å²) in [4.78, 5) is 25.0. The largest absolute Gasteiger partial charge is 0.497 e. The van der Waals surface area contributed by atoms with Crippen molar-refractivity contribution in [2.45, 2.75) is 11.8 Å². The Morgan fingerprint density at radius 3 is 2.36 bits per heavy atom. The molecule has 0 aliphatic heterocycles. The van der Waals surface area contributed by atoms with Gasteiger partial charge in [-0.15, -0.1) is 0 Å². The number of fused-ring (bicyclic) bond motifs is 1. The quantitative estimate of drug-likeness (QED) is 0.414. The molecule has 0 unspecified atom stereocenters. The number of hydrogen-bond donors (Lipinski definition) is 2. The molecule has 0 aliphatic rings. The van der Waals surface area contributed by atoms with E-state index in [1.54, 1.807) is 67.6 Å². The average molecular weight is 464 g/mol. The molecule has 0 aliphatic carbocycles. The zero-order chi connectivity index (χ0) is 23.6. The van der Waals surface area contributed by atoms with Crippen molar-refractivity contribution in [2.75, 3.05) is 17.1 Å². The van der Waals surface area contributed by atoms with Crippen molar-refractivity contribution in [3.63, 3.8) is 0 Å². The van der Waals surface area contributed by atoms with Gasteiger partial charge in [-0.2, -0.15) is 0 Å². The summed E-state index contributed by atoms with van der Waals surface area (Å²) in [6, 6.07) is 19.2.